The number of hydrogen-bond acceptors (Lipinski definition) is 6. The number of ketones is 2. The number of Topliss-reactive ketones (excluding diaryl/α,β-unsaturated/α-hetero) is 2. The van der Waals surface area contributed by atoms with Crippen LogP contribution in [0.1, 0.15) is 29.3 Å². The molecule has 3 fully saturated rings. The number of rotatable bonds is 3. The van der Waals surface area contributed by atoms with Crippen LogP contribution in [0, 0.1) is 18.8 Å². The molecular weight excluding hydrogens is 366 g/mol. The van der Waals surface area contributed by atoms with Gasteiger partial charge in [-0.3, -0.25) is 9.59 Å². The monoisotopic (exact) mass is 385 g/mol. The highest BCUT2D eigenvalue weighted by molar-refractivity contribution is 7.98. The van der Waals surface area contributed by atoms with Crippen LogP contribution in [0.3, 0.4) is 0 Å². The van der Waals surface area contributed by atoms with E-state index in [4.69, 9.17) is 9.72 Å². The Bertz CT molecular complexity index is 876. The summed E-state index contributed by atoms with van der Waals surface area (Å²) in [6.07, 6.45) is 3.75. The van der Waals surface area contributed by atoms with Crippen molar-refractivity contribution in [3.63, 3.8) is 0 Å². The van der Waals surface area contributed by atoms with Crippen molar-refractivity contribution >= 4 is 34.7 Å². The van der Waals surface area contributed by atoms with Crippen LogP contribution in [-0.2, 0) is 14.3 Å². The van der Waals surface area contributed by atoms with Gasteiger partial charge < -0.3 is 4.74 Å². The Morgan fingerprint density at radius 3 is 2.27 bits per heavy atom. The standard InChI is InChI=1S/C20H19NO3S2/c1-9-17(21-20(26-9)10-3-5-11(25-2)6-4-10)16-18(22)14-12-7-8-13(24-12)15(14)19(16)23/h3-6,12-16H,7-8H2,1-2H3/t12-,13+,14-,15+,16?. The zero-order valence-corrected chi connectivity index (χ0v) is 16.2. The van der Waals surface area contributed by atoms with Crippen LogP contribution in [-0.4, -0.2) is 35.0 Å². The van der Waals surface area contributed by atoms with E-state index >= 15 is 0 Å². The molecule has 0 amide bonds. The Morgan fingerprint density at radius 1 is 1.08 bits per heavy atom. The molecule has 1 unspecified atom stereocenters. The molecule has 1 aromatic heterocycles. The first-order valence-corrected chi connectivity index (χ1v) is 11.0. The Kier molecular flexibility index (Phi) is 3.85. The van der Waals surface area contributed by atoms with Gasteiger partial charge in [-0.2, -0.15) is 0 Å². The molecule has 0 radical (unpaired) electrons. The summed E-state index contributed by atoms with van der Waals surface area (Å²) in [4.78, 5) is 33.0. The molecule has 6 heteroatoms. The lowest BCUT2D eigenvalue weighted by atomic mass is 9.81. The zero-order chi connectivity index (χ0) is 18.0. The van der Waals surface area contributed by atoms with Crippen molar-refractivity contribution in [1.82, 2.24) is 4.98 Å². The van der Waals surface area contributed by atoms with E-state index in [0.717, 1.165) is 28.3 Å². The lowest BCUT2D eigenvalue weighted by Gasteiger charge is -2.16. The molecular formula is C20H19NO3S2. The Morgan fingerprint density at radius 2 is 1.69 bits per heavy atom. The fourth-order valence-electron chi connectivity index (χ4n) is 4.73. The summed E-state index contributed by atoms with van der Waals surface area (Å²) in [7, 11) is 0. The van der Waals surface area contributed by atoms with Gasteiger partial charge in [-0.15, -0.1) is 23.1 Å². The minimum Gasteiger partial charge on any atom is -0.373 e. The van der Waals surface area contributed by atoms with Gasteiger partial charge in [0, 0.05) is 15.3 Å². The van der Waals surface area contributed by atoms with E-state index in [9.17, 15) is 9.59 Å². The average molecular weight is 386 g/mol. The van der Waals surface area contributed by atoms with Crippen LogP contribution >= 0.6 is 23.1 Å². The Hall–Kier alpha value is -1.50. The first kappa shape index (κ1) is 16.7. The molecule has 3 heterocycles. The number of thiazole rings is 1. The fraction of sp³-hybridized carbons (Fsp3) is 0.450. The number of hydrogen-bond donors (Lipinski definition) is 0. The van der Waals surface area contributed by atoms with Crippen LogP contribution in [0.5, 0.6) is 0 Å². The summed E-state index contributed by atoms with van der Waals surface area (Å²) in [5, 5.41) is 0.877. The number of benzene rings is 1. The van der Waals surface area contributed by atoms with E-state index in [-0.39, 0.29) is 35.6 Å². The smallest absolute Gasteiger partial charge is 0.155 e. The largest absolute Gasteiger partial charge is 0.373 e. The number of ether oxygens (including phenoxy) is 1. The van der Waals surface area contributed by atoms with Crippen LogP contribution < -0.4 is 0 Å². The van der Waals surface area contributed by atoms with Crippen molar-refractivity contribution in [3.8, 4) is 10.6 Å². The summed E-state index contributed by atoms with van der Waals surface area (Å²) in [5.41, 5.74) is 1.70. The van der Waals surface area contributed by atoms with E-state index in [1.54, 1.807) is 23.1 Å². The third-order valence-corrected chi connectivity index (χ3v) is 7.72. The number of fused-ring (bicyclic) bond motifs is 5. The first-order chi connectivity index (χ1) is 12.6. The van der Waals surface area contributed by atoms with Crippen molar-refractivity contribution < 1.29 is 14.3 Å². The Balaban J connectivity index is 1.50. The minimum atomic E-state index is -0.688. The second-order valence-electron chi connectivity index (χ2n) is 7.27. The molecule has 134 valence electrons. The highest BCUT2D eigenvalue weighted by Gasteiger charge is 2.63. The van der Waals surface area contributed by atoms with Gasteiger partial charge in [0.2, 0.25) is 0 Å². The minimum absolute atomic E-state index is 0.0323. The molecule has 2 aliphatic heterocycles. The molecule has 1 aromatic carbocycles. The average Bonchev–Trinajstić information content (AvgIpc) is 3.40. The van der Waals surface area contributed by atoms with Crippen molar-refractivity contribution in [1.29, 1.82) is 0 Å². The second-order valence-corrected chi connectivity index (χ2v) is 9.35. The molecule has 1 saturated carbocycles. The van der Waals surface area contributed by atoms with Gasteiger partial charge in [0.25, 0.3) is 0 Å². The maximum absolute atomic E-state index is 13.0. The number of thioether (sulfide) groups is 1. The number of aromatic nitrogens is 1. The van der Waals surface area contributed by atoms with Crippen LogP contribution in [0.15, 0.2) is 29.2 Å². The van der Waals surface area contributed by atoms with Crippen molar-refractivity contribution in [3.05, 3.63) is 34.8 Å². The quantitative estimate of drug-likeness (QED) is 0.593. The predicted molar refractivity (Wildman–Crippen MR) is 102 cm³/mol. The predicted octanol–water partition coefficient (Wildman–Crippen LogP) is 3.87. The summed E-state index contributed by atoms with van der Waals surface area (Å²) < 4.78 is 5.83. The molecule has 2 aromatic rings. The molecule has 0 spiro atoms. The normalized spacial score (nSPS) is 32.5. The molecule has 1 aliphatic carbocycles. The maximum Gasteiger partial charge on any atom is 0.155 e. The van der Waals surface area contributed by atoms with Gasteiger partial charge in [-0.25, -0.2) is 4.98 Å². The van der Waals surface area contributed by atoms with Gasteiger partial charge in [-0.05, 0) is 38.2 Å². The summed E-state index contributed by atoms with van der Waals surface area (Å²) in [5.74, 6) is -1.10. The molecule has 4 nitrogen and oxygen atoms in total. The topological polar surface area (TPSA) is 56.3 Å². The van der Waals surface area contributed by atoms with Crippen molar-refractivity contribution in [2.75, 3.05) is 6.26 Å². The SMILES string of the molecule is CSc1ccc(-c2nc(C3C(=O)[C@@H]4[C@H](C3=O)[C@H]3CC[C@@H]4O3)c(C)s2)cc1. The Labute approximate surface area is 160 Å². The molecule has 5 rings (SSSR count). The maximum atomic E-state index is 13.0. The number of nitrogens with zero attached hydrogens (tertiary/aromatic N) is 1. The van der Waals surface area contributed by atoms with Crippen LogP contribution in [0.2, 0.25) is 0 Å². The van der Waals surface area contributed by atoms with E-state index in [0.29, 0.717) is 5.69 Å². The number of aryl methyl sites for hydroxylation is 1. The molecule has 2 bridgehead atoms. The molecule has 5 atom stereocenters. The summed E-state index contributed by atoms with van der Waals surface area (Å²) >= 11 is 3.26. The molecule has 3 aliphatic rings. The summed E-state index contributed by atoms with van der Waals surface area (Å²) in [6.45, 7) is 1.96. The zero-order valence-electron chi connectivity index (χ0n) is 14.6. The van der Waals surface area contributed by atoms with Gasteiger partial charge in [-0.1, -0.05) is 12.1 Å². The van der Waals surface area contributed by atoms with Gasteiger partial charge >= 0.3 is 0 Å². The third kappa shape index (κ3) is 2.28. The number of carbonyl (C=O) groups excluding carboxylic acids is 2. The van der Waals surface area contributed by atoms with Crippen LogP contribution in [0.4, 0.5) is 0 Å². The third-order valence-electron chi connectivity index (χ3n) is 5.94. The number of carbonyl (C=O) groups is 2. The molecule has 2 saturated heterocycles. The highest BCUT2D eigenvalue weighted by atomic mass is 32.2. The fourth-order valence-corrected chi connectivity index (χ4v) is 6.09. The lowest BCUT2D eigenvalue weighted by Crippen LogP contribution is -2.29. The lowest BCUT2D eigenvalue weighted by molar-refractivity contribution is -0.127. The van der Waals surface area contributed by atoms with Gasteiger partial charge in [0.05, 0.1) is 29.7 Å². The van der Waals surface area contributed by atoms with Crippen molar-refractivity contribution in [2.45, 2.75) is 42.8 Å². The highest BCUT2D eigenvalue weighted by Crippen LogP contribution is 2.52. The summed E-state index contributed by atoms with van der Waals surface area (Å²) in [6, 6.07) is 8.24. The van der Waals surface area contributed by atoms with Gasteiger partial charge in [0.15, 0.2) is 11.6 Å². The second kappa shape index (κ2) is 6.01. The molecule has 26 heavy (non-hydrogen) atoms. The van der Waals surface area contributed by atoms with Crippen molar-refractivity contribution in [2.24, 2.45) is 11.8 Å². The van der Waals surface area contributed by atoms with Gasteiger partial charge in [0.1, 0.15) is 10.9 Å². The first-order valence-electron chi connectivity index (χ1n) is 8.93. The van der Waals surface area contributed by atoms with E-state index in [1.165, 1.54) is 4.90 Å². The van der Waals surface area contributed by atoms with E-state index in [2.05, 4.69) is 24.3 Å². The van der Waals surface area contributed by atoms with E-state index < -0.39 is 5.92 Å². The molecule has 0 N–H and O–H groups in total. The van der Waals surface area contributed by atoms with E-state index in [1.807, 2.05) is 13.2 Å². The van der Waals surface area contributed by atoms with Crippen LogP contribution in [0.25, 0.3) is 10.6 Å².